The molecule has 28 heavy (non-hydrogen) atoms. The van der Waals surface area contributed by atoms with Gasteiger partial charge in [0.25, 0.3) is 0 Å². The summed E-state index contributed by atoms with van der Waals surface area (Å²) < 4.78 is 32.0. The first-order valence-electron chi connectivity index (χ1n) is 9.27. The summed E-state index contributed by atoms with van der Waals surface area (Å²) in [5.41, 5.74) is 0.857. The van der Waals surface area contributed by atoms with Crippen molar-refractivity contribution in [1.82, 2.24) is 9.21 Å². The Morgan fingerprint density at radius 2 is 1.86 bits per heavy atom. The third-order valence-electron chi connectivity index (χ3n) is 4.53. The molecule has 1 atom stereocenters. The summed E-state index contributed by atoms with van der Waals surface area (Å²) in [6.07, 6.45) is 1.04. The fourth-order valence-corrected chi connectivity index (χ4v) is 4.84. The van der Waals surface area contributed by atoms with Crippen LogP contribution in [0.2, 0.25) is 0 Å². The molecule has 1 unspecified atom stereocenters. The Balaban J connectivity index is 1.40. The van der Waals surface area contributed by atoms with Gasteiger partial charge in [0.2, 0.25) is 10.0 Å². The van der Waals surface area contributed by atoms with Crippen molar-refractivity contribution in [2.75, 3.05) is 39.3 Å². The lowest BCUT2D eigenvalue weighted by molar-refractivity contribution is 0.00615. The van der Waals surface area contributed by atoms with Crippen LogP contribution >= 0.6 is 11.3 Å². The van der Waals surface area contributed by atoms with Crippen molar-refractivity contribution in [3.63, 3.8) is 0 Å². The zero-order chi connectivity index (χ0) is 19.8. The van der Waals surface area contributed by atoms with Gasteiger partial charge in [0.15, 0.2) is 0 Å². The Morgan fingerprint density at radius 1 is 1.11 bits per heavy atom. The molecule has 6 nitrogen and oxygen atoms in total. The van der Waals surface area contributed by atoms with Crippen molar-refractivity contribution in [3.8, 4) is 0 Å². The van der Waals surface area contributed by atoms with Crippen molar-refractivity contribution < 1.29 is 18.3 Å². The second-order valence-corrected chi connectivity index (χ2v) is 9.56. The van der Waals surface area contributed by atoms with E-state index in [0.29, 0.717) is 39.3 Å². The number of rotatable bonds is 9. The molecule has 152 valence electrons. The largest absolute Gasteiger partial charge is 0.389 e. The van der Waals surface area contributed by atoms with Crippen LogP contribution in [0.3, 0.4) is 0 Å². The summed E-state index contributed by atoms with van der Waals surface area (Å²) in [6.45, 7) is 3.30. The summed E-state index contributed by atoms with van der Waals surface area (Å²) >= 11 is 1.63. The molecule has 8 heteroatoms. The van der Waals surface area contributed by atoms with Crippen molar-refractivity contribution in [3.05, 3.63) is 63.7 Å². The summed E-state index contributed by atoms with van der Waals surface area (Å²) in [5.74, 6) is 0. The van der Waals surface area contributed by atoms with Gasteiger partial charge in [0, 0.05) is 43.0 Å². The standard InChI is InChI=1S/C20H26N2O4S2/c23-19(16-26-17-20-7-4-13-27-20)15-21-9-11-22(12-10-21)28(24,25)14-8-18-5-2-1-3-6-18/h1-8,13-14,19,23H,9-12,15-17H2/b14-8+. The Bertz CT molecular complexity index is 830. The highest BCUT2D eigenvalue weighted by Crippen LogP contribution is 2.13. The van der Waals surface area contributed by atoms with Gasteiger partial charge in [0.1, 0.15) is 0 Å². The fourth-order valence-electron chi connectivity index (χ4n) is 3.02. The van der Waals surface area contributed by atoms with Gasteiger partial charge in [-0.3, -0.25) is 4.90 Å². The first-order valence-corrected chi connectivity index (χ1v) is 11.6. The highest BCUT2D eigenvalue weighted by Gasteiger charge is 2.25. The Kier molecular flexibility index (Phi) is 7.78. The minimum Gasteiger partial charge on any atom is -0.389 e. The topological polar surface area (TPSA) is 70.1 Å². The van der Waals surface area contributed by atoms with E-state index in [2.05, 4.69) is 4.90 Å². The van der Waals surface area contributed by atoms with Crippen LogP contribution in [-0.2, 0) is 21.4 Å². The second kappa shape index (κ2) is 10.3. The third-order valence-corrected chi connectivity index (χ3v) is 6.94. The van der Waals surface area contributed by atoms with Crippen molar-refractivity contribution in [2.24, 2.45) is 0 Å². The first kappa shape index (κ1) is 21.2. The maximum absolute atomic E-state index is 12.5. The van der Waals surface area contributed by atoms with Crippen LogP contribution in [0.4, 0.5) is 0 Å². The van der Waals surface area contributed by atoms with Crippen LogP contribution in [0.1, 0.15) is 10.4 Å². The average Bonchev–Trinajstić information content (AvgIpc) is 3.21. The molecule has 1 aliphatic heterocycles. The number of nitrogens with zero attached hydrogens (tertiary/aromatic N) is 2. The molecule has 0 aliphatic carbocycles. The van der Waals surface area contributed by atoms with Gasteiger partial charge in [-0.05, 0) is 23.1 Å². The van der Waals surface area contributed by atoms with Gasteiger partial charge in [0.05, 0.1) is 19.3 Å². The zero-order valence-corrected chi connectivity index (χ0v) is 17.3. The number of aliphatic hydroxyl groups is 1. The molecule has 3 rings (SSSR count). The van der Waals surface area contributed by atoms with E-state index < -0.39 is 16.1 Å². The van der Waals surface area contributed by atoms with Crippen LogP contribution in [0.15, 0.2) is 53.3 Å². The summed E-state index contributed by atoms with van der Waals surface area (Å²) in [7, 11) is -3.43. The van der Waals surface area contributed by atoms with Gasteiger partial charge in [-0.15, -0.1) is 11.3 Å². The predicted octanol–water partition coefficient (Wildman–Crippen LogP) is 2.24. The Hall–Kier alpha value is -1.55. The normalized spacial score (nSPS) is 17.9. The molecule has 0 amide bonds. The number of sulfonamides is 1. The van der Waals surface area contributed by atoms with E-state index >= 15 is 0 Å². The minimum absolute atomic E-state index is 0.274. The van der Waals surface area contributed by atoms with E-state index in [-0.39, 0.29) is 6.61 Å². The summed E-state index contributed by atoms with van der Waals surface area (Å²) in [4.78, 5) is 3.21. The number of hydrogen-bond acceptors (Lipinski definition) is 6. The number of thiophene rings is 1. The molecule has 1 fully saturated rings. The van der Waals surface area contributed by atoms with Gasteiger partial charge in [-0.25, -0.2) is 8.42 Å². The molecule has 2 heterocycles. The predicted molar refractivity (Wildman–Crippen MR) is 112 cm³/mol. The molecule has 1 saturated heterocycles. The third kappa shape index (κ3) is 6.51. The van der Waals surface area contributed by atoms with Crippen LogP contribution < -0.4 is 0 Å². The number of aliphatic hydroxyl groups excluding tert-OH is 1. The second-order valence-electron chi connectivity index (χ2n) is 6.71. The van der Waals surface area contributed by atoms with Crippen LogP contribution in [0.25, 0.3) is 6.08 Å². The highest BCUT2D eigenvalue weighted by atomic mass is 32.2. The van der Waals surface area contributed by atoms with Crippen LogP contribution in [-0.4, -0.2) is 68.2 Å². The van der Waals surface area contributed by atoms with Crippen molar-refractivity contribution in [2.45, 2.75) is 12.7 Å². The SMILES string of the molecule is O=S(=O)(/C=C/c1ccccc1)N1CCN(CC(O)COCc2cccs2)CC1. The van der Waals surface area contributed by atoms with E-state index in [1.165, 1.54) is 9.71 Å². The molecule has 1 aromatic carbocycles. The fraction of sp³-hybridized carbons (Fsp3) is 0.400. The molecular weight excluding hydrogens is 396 g/mol. The monoisotopic (exact) mass is 422 g/mol. The first-order chi connectivity index (χ1) is 13.5. The molecule has 1 aromatic heterocycles. The van der Waals surface area contributed by atoms with Gasteiger partial charge < -0.3 is 9.84 Å². The van der Waals surface area contributed by atoms with E-state index in [9.17, 15) is 13.5 Å². The van der Waals surface area contributed by atoms with E-state index in [4.69, 9.17) is 4.74 Å². The average molecular weight is 423 g/mol. The molecule has 1 aliphatic rings. The smallest absolute Gasteiger partial charge is 0.236 e. The molecule has 0 saturated carbocycles. The lowest BCUT2D eigenvalue weighted by Crippen LogP contribution is -2.50. The molecule has 1 N–H and O–H groups in total. The van der Waals surface area contributed by atoms with Crippen LogP contribution in [0, 0.1) is 0 Å². The maximum Gasteiger partial charge on any atom is 0.236 e. The summed E-state index contributed by atoms with van der Waals surface area (Å²) in [6, 6.07) is 13.4. The van der Waals surface area contributed by atoms with Gasteiger partial charge >= 0.3 is 0 Å². The van der Waals surface area contributed by atoms with Crippen molar-refractivity contribution >= 4 is 27.4 Å². The van der Waals surface area contributed by atoms with E-state index in [1.54, 1.807) is 17.4 Å². The van der Waals surface area contributed by atoms with E-state index in [1.807, 2.05) is 47.8 Å². The molecular formula is C20H26N2O4S2. The summed E-state index contributed by atoms with van der Waals surface area (Å²) in [5, 5.41) is 13.4. The lowest BCUT2D eigenvalue weighted by Gasteiger charge is -2.34. The van der Waals surface area contributed by atoms with Gasteiger partial charge in [-0.2, -0.15) is 4.31 Å². The van der Waals surface area contributed by atoms with Crippen LogP contribution in [0.5, 0.6) is 0 Å². The number of benzene rings is 1. The maximum atomic E-state index is 12.5. The van der Waals surface area contributed by atoms with Gasteiger partial charge in [-0.1, -0.05) is 36.4 Å². The molecule has 0 spiro atoms. The van der Waals surface area contributed by atoms with E-state index in [0.717, 1.165) is 10.4 Å². The molecule has 0 radical (unpaired) electrons. The zero-order valence-electron chi connectivity index (χ0n) is 15.7. The minimum atomic E-state index is -3.43. The number of hydrogen-bond donors (Lipinski definition) is 1. The van der Waals surface area contributed by atoms with Crippen molar-refractivity contribution in [1.29, 1.82) is 0 Å². The number of ether oxygens (including phenoxy) is 1. The molecule has 0 bridgehead atoms. The quantitative estimate of drug-likeness (QED) is 0.671. The highest BCUT2D eigenvalue weighted by molar-refractivity contribution is 7.92. The number of piperazine rings is 1. The molecule has 2 aromatic rings. The lowest BCUT2D eigenvalue weighted by atomic mass is 10.2. The number of β-amino-alcohol motifs (C(OH)–C–C–N with tert-alkyl or cyclic N) is 1. The Labute approximate surface area is 170 Å². The Morgan fingerprint density at radius 3 is 2.54 bits per heavy atom.